The van der Waals surface area contributed by atoms with Crippen molar-refractivity contribution in [3.63, 3.8) is 0 Å². The van der Waals surface area contributed by atoms with Gasteiger partial charge in [-0.05, 0) is 55.7 Å². The lowest BCUT2D eigenvalue weighted by Gasteiger charge is -2.36. The van der Waals surface area contributed by atoms with Crippen molar-refractivity contribution in [1.82, 2.24) is 0 Å². The topological polar surface area (TPSA) is 37.3 Å². The normalized spacial score (nSPS) is 12.8. The van der Waals surface area contributed by atoms with Gasteiger partial charge in [0.2, 0.25) is 0 Å². The molecule has 0 saturated heterocycles. The van der Waals surface area contributed by atoms with Gasteiger partial charge in [0.05, 0.1) is 5.56 Å². The maximum atomic E-state index is 11.1. The lowest BCUT2D eigenvalue weighted by molar-refractivity contribution is 0.0697. The van der Waals surface area contributed by atoms with E-state index in [1.807, 2.05) is 12.1 Å². The second-order valence-corrected chi connectivity index (χ2v) is 9.79. The van der Waals surface area contributed by atoms with Crippen LogP contribution in [0.2, 0.25) is 0 Å². The highest BCUT2D eigenvalue weighted by Gasteiger charge is 2.34. The van der Waals surface area contributed by atoms with Gasteiger partial charge < -0.3 is 5.11 Å². The highest BCUT2D eigenvalue weighted by Crippen LogP contribution is 2.41. The van der Waals surface area contributed by atoms with Crippen LogP contribution < -0.4 is 0 Å². The third-order valence-electron chi connectivity index (χ3n) is 6.51. The first-order chi connectivity index (χ1) is 14.5. The van der Waals surface area contributed by atoms with Crippen LogP contribution in [0.25, 0.3) is 0 Å². The molecule has 30 heavy (non-hydrogen) atoms. The minimum absolute atomic E-state index is 0.0869. The molecule has 1 aromatic rings. The molecule has 1 unspecified atom stereocenters. The van der Waals surface area contributed by atoms with Gasteiger partial charge in [-0.25, -0.2) is 4.79 Å². The number of carboxylic acid groups (broad SMARTS) is 1. The fraction of sp³-hybridized carbons (Fsp3) is 0.741. The summed E-state index contributed by atoms with van der Waals surface area (Å²) in [5, 5.41) is 9.12. The van der Waals surface area contributed by atoms with Crippen LogP contribution in [-0.2, 0) is 6.42 Å². The molecule has 0 aliphatic rings. The van der Waals surface area contributed by atoms with E-state index in [1.165, 1.54) is 76.2 Å². The van der Waals surface area contributed by atoms with Crippen molar-refractivity contribution in [2.24, 2.45) is 5.92 Å². The number of aromatic carboxylic acids is 1. The molecular weight excluding hydrogens is 392 g/mol. The van der Waals surface area contributed by atoms with Crippen molar-refractivity contribution in [2.45, 2.75) is 122 Å². The van der Waals surface area contributed by atoms with Crippen LogP contribution in [0.4, 0.5) is 0 Å². The van der Waals surface area contributed by atoms with E-state index in [2.05, 4.69) is 20.8 Å². The average molecular weight is 437 g/mol. The Hall–Kier alpha value is -1.02. The van der Waals surface area contributed by atoms with Crippen LogP contribution in [0.3, 0.4) is 0 Å². The molecule has 1 N–H and O–H groups in total. The molecule has 0 bridgehead atoms. The second kappa shape index (κ2) is 15.7. The molecule has 1 rings (SSSR count). The Bertz CT molecular complexity index is 559. The summed E-state index contributed by atoms with van der Waals surface area (Å²) in [6.45, 7) is 6.77. The van der Waals surface area contributed by atoms with Crippen molar-refractivity contribution in [3.05, 3.63) is 35.4 Å². The van der Waals surface area contributed by atoms with E-state index >= 15 is 0 Å². The highest BCUT2D eigenvalue weighted by atomic mass is 35.5. The molecule has 0 spiro atoms. The molecule has 0 radical (unpaired) electrons. The van der Waals surface area contributed by atoms with Crippen molar-refractivity contribution in [1.29, 1.82) is 0 Å². The van der Waals surface area contributed by atoms with Crippen molar-refractivity contribution >= 4 is 17.6 Å². The smallest absolute Gasteiger partial charge is 0.335 e. The quantitative estimate of drug-likeness (QED) is 0.184. The van der Waals surface area contributed by atoms with E-state index in [9.17, 15) is 4.79 Å². The van der Waals surface area contributed by atoms with Crippen LogP contribution in [0.1, 0.15) is 127 Å². The Morgan fingerprint density at radius 2 is 1.37 bits per heavy atom. The fourth-order valence-corrected chi connectivity index (χ4v) is 4.95. The highest BCUT2D eigenvalue weighted by molar-refractivity contribution is 6.24. The van der Waals surface area contributed by atoms with E-state index in [1.54, 1.807) is 12.1 Å². The van der Waals surface area contributed by atoms with Gasteiger partial charge in [0.25, 0.3) is 0 Å². The number of carbonyl (C=O) groups is 1. The molecule has 3 heteroatoms. The third-order valence-corrected chi connectivity index (χ3v) is 7.20. The number of unbranched alkanes of at least 4 members (excludes halogenated alkanes) is 7. The van der Waals surface area contributed by atoms with Crippen molar-refractivity contribution < 1.29 is 9.90 Å². The largest absolute Gasteiger partial charge is 0.478 e. The minimum Gasteiger partial charge on any atom is -0.478 e. The maximum Gasteiger partial charge on any atom is 0.335 e. The summed E-state index contributed by atoms with van der Waals surface area (Å²) in [7, 11) is 0. The van der Waals surface area contributed by atoms with Crippen molar-refractivity contribution in [2.75, 3.05) is 0 Å². The summed E-state index contributed by atoms with van der Waals surface area (Å²) in [6.07, 6.45) is 18.3. The summed E-state index contributed by atoms with van der Waals surface area (Å²) in [5.41, 5.74) is 1.58. The molecule has 1 atom stereocenters. The predicted molar refractivity (Wildman–Crippen MR) is 131 cm³/mol. The van der Waals surface area contributed by atoms with Crippen LogP contribution in [0.5, 0.6) is 0 Å². The monoisotopic (exact) mass is 436 g/mol. The Labute approximate surface area is 190 Å². The Morgan fingerprint density at radius 3 is 1.90 bits per heavy atom. The fourth-order valence-electron chi connectivity index (χ4n) is 4.46. The van der Waals surface area contributed by atoms with Crippen LogP contribution in [0, 0.1) is 5.92 Å². The van der Waals surface area contributed by atoms with E-state index in [0.717, 1.165) is 25.7 Å². The van der Waals surface area contributed by atoms with E-state index in [4.69, 9.17) is 16.7 Å². The molecule has 0 fully saturated rings. The number of carboxylic acids is 1. The van der Waals surface area contributed by atoms with Crippen LogP contribution in [-0.4, -0.2) is 16.0 Å². The standard InChI is InChI=1S/C27H45ClO2/c1-4-7-10-11-12-13-14-25(27(28,21-8-5-2)22-9-6-3)20-17-23-15-18-24(19-16-23)26(29)30/h15-16,18-19,25H,4-14,17,20-22H2,1-3H3,(H,29,30). The number of hydrogen-bond acceptors (Lipinski definition) is 1. The molecule has 0 saturated carbocycles. The number of rotatable bonds is 18. The molecule has 172 valence electrons. The van der Waals surface area contributed by atoms with Crippen LogP contribution >= 0.6 is 11.6 Å². The zero-order valence-corrected chi connectivity index (χ0v) is 20.5. The zero-order chi connectivity index (χ0) is 22.2. The molecule has 1 aromatic carbocycles. The Morgan fingerprint density at radius 1 is 0.833 bits per heavy atom. The lowest BCUT2D eigenvalue weighted by Crippen LogP contribution is -2.33. The van der Waals surface area contributed by atoms with Crippen LogP contribution in [0.15, 0.2) is 24.3 Å². The molecular formula is C27H45ClO2. The second-order valence-electron chi connectivity index (χ2n) is 9.04. The molecule has 0 heterocycles. The van der Waals surface area contributed by atoms with Gasteiger partial charge in [0.1, 0.15) is 0 Å². The summed E-state index contributed by atoms with van der Waals surface area (Å²) in [6, 6.07) is 7.39. The van der Waals surface area contributed by atoms with Gasteiger partial charge in [-0.2, -0.15) is 0 Å². The lowest BCUT2D eigenvalue weighted by atomic mass is 9.77. The van der Waals surface area contributed by atoms with Gasteiger partial charge in [-0.3, -0.25) is 0 Å². The summed E-state index contributed by atoms with van der Waals surface area (Å²) >= 11 is 7.38. The number of alkyl halides is 1. The maximum absolute atomic E-state index is 11.1. The van der Waals surface area contributed by atoms with Gasteiger partial charge in [-0.1, -0.05) is 97.1 Å². The number of benzene rings is 1. The SMILES string of the molecule is CCCCCCCCC(CCc1ccc(C(=O)O)cc1)C(Cl)(CCCC)CCCC. The first-order valence-electron chi connectivity index (χ1n) is 12.5. The van der Waals surface area contributed by atoms with E-state index < -0.39 is 5.97 Å². The van der Waals surface area contributed by atoms with Crippen molar-refractivity contribution in [3.8, 4) is 0 Å². The first kappa shape index (κ1) is 27.0. The van der Waals surface area contributed by atoms with Gasteiger partial charge in [0, 0.05) is 4.87 Å². The molecule has 2 nitrogen and oxygen atoms in total. The molecule has 0 aliphatic carbocycles. The summed E-state index contributed by atoms with van der Waals surface area (Å²) in [4.78, 5) is 11.0. The Kier molecular flexibility index (Phi) is 14.2. The predicted octanol–water partition coefficient (Wildman–Crippen LogP) is 9.04. The van der Waals surface area contributed by atoms with E-state index in [-0.39, 0.29) is 4.87 Å². The first-order valence-corrected chi connectivity index (χ1v) is 12.9. The van der Waals surface area contributed by atoms with Gasteiger partial charge in [-0.15, -0.1) is 11.6 Å². The number of hydrogen-bond donors (Lipinski definition) is 1. The number of aryl methyl sites for hydroxylation is 1. The molecule has 0 amide bonds. The van der Waals surface area contributed by atoms with E-state index in [0.29, 0.717) is 11.5 Å². The van der Waals surface area contributed by atoms with Gasteiger partial charge >= 0.3 is 5.97 Å². The summed E-state index contributed by atoms with van der Waals surface area (Å²) in [5.74, 6) is -0.330. The average Bonchev–Trinajstić information content (AvgIpc) is 2.75. The number of halogens is 1. The van der Waals surface area contributed by atoms with Gasteiger partial charge in [0.15, 0.2) is 0 Å². The minimum atomic E-state index is -0.860. The molecule has 0 aliphatic heterocycles. The summed E-state index contributed by atoms with van der Waals surface area (Å²) < 4.78 is 0. The third kappa shape index (κ3) is 10.3. The zero-order valence-electron chi connectivity index (χ0n) is 19.7. The molecule has 0 aromatic heterocycles. The Balaban J connectivity index is 2.78.